The Kier molecular flexibility index (Phi) is 5.80. The lowest BCUT2D eigenvalue weighted by atomic mass is 10.1. The highest BCUT2D eigenvalue weighted by Crippen LogP contribution is 2.34. The third-order valence-corrected chi connectivity index (χ3v) is 7.41. The summed E-state index contributed by atoms with van der Waals surface area (Å²) in [6, 6.07) is 11.5. The van der Waals surface area contributed by atoms with Crippen LogP contribution in [0.2, 0.25) is 0 Å². The van der Waals surface area contributed by atoms with Crippen molar-refractivity contribution in [1.82, 2.24) is 9.88 Å². The van der Waals surface area contributed by atoms with Crippen molar-refractivity contribution >= 4 is 35.1 Å². The number of carbonyl (C=O) groups is 2. The zero-order valence-electron chi connectivity index (χ0n) is 17.3. The molecule has 0 bridgehead atoms. The topological polar surface area (TPSA) is 79.2 Å². The van der Waals surface area contributed by atoms with E-state index in [1.54, 1.807) is 18.0 Å². The Labute approximate surface area is 185 Å². The molecular weight excluding hydrogens is 414 g/mol. The Hall–Kier alpha value is -2.62. The summed E-state index contributed by atoms with van der Waals surface area (Å²) in [4.78, 5) is 36.5. The van der Waals surface area contributed by atoms with E-state index < -0.39 is 0 Å². The van der Waals surface area contributed by atoms with Gasteiger partial charge in [-0.15, -0.1) is 0 Å². The fraction of sp³-hybridized carbons (Fsp3) is 0.409. The molecule has 0 spiro atoms. The number of ether oxygens (including phenoxy) is 1. The van der Waals surface area contributed by atoms with Crippen molar-refractivity contribution in [3.8, 4) is 0 Å². The summed E-state index contributed by atoms with van der Waals surface area (Å²) in [5.74, 6) is 0.951. The lowest BCUT2D eigenvalue weighted by molar-refractivity contribution is -0.909. The summed E-state index contributed by atoms with van der Waals surface area (Å²) in [6.45, 7) is 5.85. The zero-order chi connectivity index (χ0) is 21.2. The lowest BCUT2D eigenvalue weighted by Gasteiger charge is -2.35. The Morgan fingerprint density at radius 1 is 1.13 bits per heavy atom. The molecule has 2 fully saturated rings. The molecule has 162 valence electrons. The second-order valence-electron chi connectivity index (χ2n) is 7.94. The average Bonchev–Trinajstić information content (AvgIpc) is 2.84. The average molecular weight is 441 g/mol. The van der Waals surface area contributed by atoms with Crippen molar-refractivity contribution < 1.29 is 19.2 Å². The summed E-state index contributed by atoms with van der Waals surface area (Å²) >= 11 is 1.58. The van der Waals surface area contributed by atoms with Crippen LogP contribution < -0.4 is 15.1 Å². The Morgan fingerprint density at radius 2 is 1.94 bits per heavy atom. The molecule has 5 rings (SSSR count). The first-order valence-corrected chi connectivity index (χ1v) is 11.6. The Morgan fingerprint density at radius 3 is 2.68 bits per heavy atom. The standard InChI is InChI=1S/C22H25N5O3S/c28-20-22(27-11-13-30-14-12-27)31-18-5-4-16(15-17(18)24-20)21(29)26-9-7-25(8-10-26)19-3-1-2-6-23-19/h1-6,15,22H,7-14H2,(H,24,28)/p+1. The molecule has 1 unspecified atom stereocenters. The van der Waals surface area contributed by atoms with E-state index in [9.17, 15) is 9.59 Å². The molecule has 31 heavy (non-hydrogen) atoms. The van der Waals surface area contributed by atoms with E-state index in [1.165, 1.54) is 4.90 Å². The molecule has 3 aliphatic rings. The molecule has 0 aliphatic carbocycles. The number of piperazine rings is 1. The third-order valence-electron chi connectivity index (χ3n) is 6.01. The number of fused-ring (bicyclic) bond motifs is 1. The maximum absolute atomic E-state index is 13.1. The highest BCUT2D eigenvalue weighted by molar-refractivity contribution is 8.00. The molecule has 8 nitrogen and oxygen atoms in total. The molecule has 1 aromatic heterocycles. The Balaban J connectivity index is 1.24. The molecule has 0 saturated carbocycles. The first-order valence-electron chi connectivity index (χ1n) is 10.7. The van der Waals surface area contributed by atoms with Gasteiger partial charge in [0.15, 0.2) is 0 Å². The van der Waals surface area contributed by atoms with Gasteiger partial charge in [-0.2, -0.15) is 0 Å². The number of carbonyl (C=O) groups excluding carboxylic acids is 2. The van der Waals surface area contributed by atoms with Gasteiger partial charge >= 0.3 is 0 Å². The van der Waals surface area contributed by atoms with Gasteiger partial charge in [0.05, 0.1) is 18.9 Å². The smallest absolute Gasteiger partial charge is 0.294 e. The molecular formula is C22H26N5O3S+. The van der Waals surface area contributed by atoms with Crippen LogP contribution in [-0.4, -0.2) is 79.6 Å². The number of pyridine rings is 1. The van der Waals surface area contributed by atoms with Crippen LogP contribution in [0.4, 0.5) is 11.5 Å². The number of quaternary nitrogens is 1. The van der Waals surface area contributed by atoms with Crippen molar-refractivity contribution in [3.63, 3.8) is 0 Å². The van der Waals surface area contributed by atoms with Crippen LogP contribution in [0.15, 0.2) is 47.5 Å². The summed E-state index contributed by atoms with van der Waals surface area (Å²) < 4.78 is 5.42. The van der Waals surface area contributed by atoms with Crippen LogP contribution in [0.25, 0.3) is 0 Å². The predicted molar refractivity (Wildman–Crippen MR) is 119 cm³/mol. The van der Waals surface area contributed by atoms with Gasteiger partial charge in [0.2, 0.25) is 5.37 Å². The molecule has 3 aliphatic heterocycles. The van der Waals surface area contributed by atoms with Crippen molar-refractivity contribution in [2.45, 2.75) is 10.3 Å². The SMILES string of the molecule is O=C1Nc2cc(C(=O)N3CCN(c4ccccn4)CC3)ccc2SC1[NH+]1CCOCC1. The van der Waals surface area contributed by atoms with Crippen LogP contribution in [-0.2, 0) is 9.53 Å². The van der Waals surface area contributed by atoms with Crippen LogP contribution >= 0.6 is 11.8 Å². The number of nitrogens with zero attached hydrogens (tertiary/aromatic N) is 3. The normalized spacial score (nSPS) is 22.1. The van der Waals surface area contributed by atoms with E-state index in [2.05, 4.69) is 15.2 Å². The van der Waals surface area contributed by atoms with E-state index in [1.807, 2.05) is 41.3 Å². The highest BCUT2D eigenvalue weighted by Gasteiger charge is 2.37. The van der Waals surface area contributed by atoms with Gasteiger partial charge in [0.25, 0.3) is 11.8 Å². The van der Waals surface area contributed by atoms with E-state index >= 15 is 0 Å². The van der Waals surface area contributed by atoms with E-state index in [4.69, 9.17) is 4.74 Å². The van der Waals surface area contributed by atoms with Crippen LogP contribution in [0.3, 0.4) is 0 Å². The molecule has 4 heterocycles. The zero-order valence-corrected chi connectivity index (χ0v) is 18.1. The molecule has 2 amide bonds. The van der Waals surface area contributed by atoms with E-state index in [-0.39, 0.29) is 17.2 Å². The second kappa shape index (κ2) is 8.86. The highest BCUT2D eigenvalue weighted by atomic mass is 32.2. The van der Waals surface area contributed by atoms with Gasteiger partial charge < -0.3 is 24.8 Å². The fourth-order valence-corrected chi connectivity index (χ4v) is 5.47. The first kappa shape index (κ1) is 20.3. The number of morpholine rings is 1. The summed E-state index contributed by atoms with van der Waals surface area (Å²) in [5.41, 5.74) is 1.35. The number of benzene rings is 1. The summed E-state index contributed by atoms with van der Waals surface area (Å²) in [5, 5.41) is 2.86. The number of nitrogens with one attached hydrogen (secondary N) is 2. The second-order valence-corrected chi connectivity index (χ2v) is 9.08. The molecule has 0 radical (unpaired) electrons. The van der Waals surface area contributed by atoms with Gasteiger partial charge in [0.1, 0.15) is 18.9 Å². The molecule has 1 aromatic carbocycles. The molecule has 2 aromatic rings. The molecule has 1 atom stereocenters. The van der Waals surface area contributed by atoms with Gasteiger partial charge in [-0.25, -0.2) is 4.98 Å². The maximum atomic E-state index is 13.1. The summed E-state index contributed by atoms with van der Waals surface area (Å²) in [6.07, 6.45) is 1.79. The van der Waals surface area contributed by atoms with Gasteiger partial charge in [-0.3, -0.25) is 9.59 Å². The number of anilines is 2. The number of aromatic nitrogens is 1. The number of thioether (sulfide) groups is 1. The van der Waals surface area contributed by atoms with Gasteiger partial charge in [0, 0.05) is 42.8 Å². The van der Waals surface area contributed by atoms with Crippen molar-refractivity contribution in [3.05, 3.63) is 48.2 Å². The van der Waals surface area contributed by atoms with Crippen molar-refractivity contribution in [2.24, 2.45) is 0 Å². The largest absolute Gasteiger partial charge is 0.370 e. The quantitative estimate of drug-likeness (QED) is 0.716. The monoisotopic (exact) mass is 440 g/mol. The van der Waals surface area contributed by atoms with Gasteiger partial charge in [-0.1, -0.05) is 17.8 Å². The number of rotatable bonds is 3. The Bertz CT molecular complexity index is 959. The molecule has 2 N–H and O–H groups in total. The number of hydrogen-bond donors (Lipinski definition) is 2. The number of hydrogen-bond acceptors (Lipinski definition) is 6. The van der Waals surface area contributed by atoms with Crippen LogP contribution in [0, 0.1) is 0 Å². The maximum Gasteiger partial charge on any atom is 0.294 e. The van der Waals surface area contributed by atoms with Gasteiger partial charge in [-0.05, 0) is 30.3 Å². The molecule has 9 heteroatoms. The molecule has 2 saturated heterocycles. The summed E-state index contributed by atoms with van der Waals surface area (Å²) in [7, 11) is 0. The van der Waals surface area contributed by atoms with Crippen molar-refractivity contribution in [2.75, 3.05) is 62.7 Å². The third kappa shape index (κ3) is 4.26. The fourth-order valence-electron chi connectivity index (χ4n) is 4.27. The van der Waals surface area contributed by atoms with Crippen LogP contribution in [0.5, 0.6) is 0 Å². The minimum absolute atomic E-state index is 0.00275. The minimum atomic E-state index is -0.169. The lowest BCUT2D eigenvalue weighted by Crippen LogP contribution is -3.18. The van der Waals surface area contributed by atoms with E-state index in [0.29, 0.717) is 31.9 Å². The van der Waals surface area contributed by atoms with Crippen LogP contribution in [0.1, 0.15) is 10.4 Å². The predicted octanol–water partition coefficient (Wildman–Crippen LogP) is 0.329. The first-order chi connectivity index (χ1) is 15.2. The van der Waals surface area contributed by atoms with E-state index in [0.717, 1.165) is 42.6 Å². The minimum Gasteiger partial charge on any atom is -0.370 e. The van der Waals surface area contributed by atoms with Crippen molar-refractivity contribution in [1.29, 1.82) is 0 Å². The number of amides is 2.